The number of aromatic nitrogens is 2. The van der Waals surface area contributed by atoms with Crippen LogP contribution in [0.5, 0.6) is 0 Å². The van der Waals surface area contributed by atoms with Crippen molar-refractivity contribution in [2.75, 3.05) is 19.6 Å². The van der Waals surface area contributed by atoms with Gasteiger partial charge in [0.25, 0.3) is 5.91 Å². The lowest BCUT2D eigenvalue weighted by molar-refractivity contribution is 0.0618. The van der Waals surface area contributed by atoms with Gasteiger partial charge in [0, 0.05) is 12.6 Å². The summed E-state index contributed by atoms with van der Waals surface area (Å²) in [6.45, 7) is 3.25. The smallest absolute Gasteiger partial charge is 0.267 e. The first-order valence-corrected chi connectivity index (χ1v) is 8.03. The summed E-state index contributed by atoms with van der Waals surface area (Å²) < 4.78 is 12.9. The molecule has 2 bridgehead atoms. The van der Waals surface area contributed by atoms with Crippen molar-refractivity contribution in [1.82, 2.24) is 20.2 Å². The maximum absolute atomic E-state index is 12.9. The van der Waals surface area contributed by atoms with E-state index in [9.17, 15) is 9.18 Å². The molecule has 3 saturated heterocycles. The van der Waals surface area contributed by atoms with Gasteiger partial charge >= 0.3 is 0 Å². The normalized spacial score (nSPS) is 26.2. The van der Waals surface area contributed by atoms with Crippen LogP contribution in [0.4, 0.5) is 4.39 Å². The standard InChI is InChI=1S/C17H19FN4O/c18-12-1-2-13(19-9-12)14-3-4-15(20-14)17(23)21-16-10-22-7-5-11(16)6-8-22/h1-4,9,11,16,20H,5-8,10H2,(H,21,23)/t16-/m0/s1. The Balaban J connectivity index is 1.46. The molecule has 0 saturated carbocycles. The van der Waals surface area contributed by atoms with Gasteiger partial charge in [-0.15, -0.1) is 0 Å². The molecule has 6 heteroatoms. The fraction of sp³-hybridized carbons (Fsp3) is 0.412. The molecule has 2 aromatic heterocycles. The summed E-state index contributed by atoms with van der Waals surface area (Å²) in [7, 11) is 0. The van der Waals surface area contributed by atoms with Crippen LogP contribution in [0.25, 0.3) is 11.4 Å². The van der Waals surface area contributed by atoms with Crippen LogP contribution in [-0.2, 0) is 0 Å². The number of nitrogens with zero attached hydrogens (tertiary/aromatic N) is 2. The van der Waals surface area contributed by atoms with Gasteiger partial charge in [-0.2, -0.15) is 0 Å². The number of rotatable bonds is 3. The number of pyridine rings is 1. The van der Waals surface area contributed by atoms with Crippen molar-refractivity contribution in [1.29, 1.82) is 0 Å². The van der Waals surface area contributed by atoms with E-state index in [0.29, 0.717) is 23.0 Å². The summed E-state index contributed by atoms with van der Waals surface area (Å²) in [5.74, 6) is 0.134. The highest BCUT2D eigenvalue weighted by Gasteiger charge is 2.35. The number of aromatic amines is 1. The fourth-order valence-electron chi connectivity index (χ4n) is 3.59. The second-order valence-corrected chi connectivity index (χ2v) is 6.37. The second-order valence-electron chi connectivity index (χ2n) is 6.37. The Labute approximate surface area is 133 Å². The molecule has 1 atom stereocenters. The molecule has 3 fully saturated rings. The summed E-state index contributed by atoms with van der Waals surface area (Å²) in [6.07, 6.45) is 3.50. The number of hydrogen-bond acceptors (Lipinski definition) is 3. The maximum atomic E-state index is 12.9. The summed E-state index contributed by atoms with van der Waals surface area (Å²) in [5, 5.41) is 3.15. The number of carbonyl (C=O) groups excluding carboxylic acids is 1. The predicted octanol–water partition coefficient (Wildman–Crippen LogP) is 2.04. The quantitative estimate of drug-likeness (QED) is 0.911. The molecule has 2 aromatic rings. The van der Waals surface area contributed by atoms with Crippen LogP contribution in [0.3, 0.4) is 0 Å². The number of carbonyl (C=O) groups is 1. The molecule has 120 valence electrons. The highest BCUT2D eigenvalue weighted by Crippen LogP contribution is 2.27. The van der Waals surface area contributed by atoms with E-state index in [1.54, 1.807) is 18.2 Å². The third kappa shape index (κ3) is 2.86. The lowest BCUT2D eigenvalue weighted by atomic mass is 9.84. The third-order valence-electron chi connectivity index (χ3n) is 4.91. The van der Waals surface area contributed by atoms with Crippen LogP contribution >= 0.6 is 0 Å². The minimum Gasteiger partial charge on any atom is -0.349 e. The van der Waals surface area contributed by atoms with Crippen molar-refractivity contribution in [3.05, 3.63) is 42.0 Å². The molecule has 3 aliphatic heterocycles. The Morgan fingerprint density at radius 3 is 2.74 bits per heavy atom. The summed E-state index contributed by atoms with van der Waals surface area (Å²) in [6, 6.07) is 6.73. The maximum Gasteiger partial charge on any atom is 0.267 e. The van der Waals surface area contributed by atoms with Crippen LogP contribution < -0.4 is 5.32 Å². The molecular formula is C17H19FN4O. The fourth-order valence-corrected chi connectivity index (χ4v) is 3.59. The number of H-pyrrole nitrogens is 1. The summed E-state index contributed by atoms with van der Waals surface area (Å²) in [5.41, 5.74) is 1.85. The molecule has 5 heterocycles. The lowest BCUT2D eigenvalue weighted by Gasteiger charge is -2.44. The monoisotopic (exact) mass is 314 g/mol. The molecule has 0 unspecified atom stereocenters. The van der Waals surface area contributed by atoms with Crippen LogP contribution in [0.15, 0.2) is 30.5 Å². The minimum absolute atomic E-state index is 0.0860. The van der Waals surface area contributed by atoms with E-state index in [1.165, 1.54) is 25.1 Å². The topological polar surface area (TPSA) is 61.0 Å². The molecule has 2 N–H and O–H groups in total. The number of amides is 1. The lowest BCUT2D eigenvalue weighted by Crippen LogP contribution is -2.57. The Morgan fingerprint density at radius 1 is 1.26 bits per heavy atom. The van der Waals surface area contributed by atoms with Crippen molar-refractivity contribution < 1.29 is 9.18 Å². The number of nitrogens with one attached hydrogen (secondary N) is 2. The SMILES string of the molecule is O=C(N[C@H]1CN2CCC1CC2)c1ccc(-c2ccc(F)cn2)[nH]1. The Morgan fingerprint density at radius 2 is 2.09 bits per heavy atom. The van der Waals surface area contributed by atoms with Crippen LogP contribution in [0, 0.1) is 11.7 Å². The van der Waals surface area contributed by atoms with Crippen molar-refractivity contribution in [3.8, 4) is 11.4 Å². The van der Waals surface area contributed by atoms with Crippen LogP contribution in [-0.4, -0.2) is 46.5 Å². The van der Waals surface area contributed by atoms with E-state index in [1.807, 2.05) is 0 Å². The first-order chi connectivity index (χ1) is 11.2. The van der Waals surface area contributed by atoms with Crippen LogP contribution in [0.1, 0.15) is 23.3 Å². The first kappa shape index (κ1) is 14.4. The molecule has 5 nitrogen and oxygen atoms in total. The predicted molar refractivity (Wildman–Crippen MR) is 84.4 cm³/mol. The molecule has 0 spiro atoms. The molecular weight excluding hydrogens is 295 g/mol. The van der Waals surface area contributed by atoms with E-state index in [-0.39, 0.29) is 17.8 Å². The number of piperidine rings is 3. The van der Waals surface area contributed by atoms with Gasteiger partial charge in [0.15, 0.2) is 0 Å². The second kappa shape index (κ2) is 5.77. The third-order valence-corrected chi connectivity index (χ3v) is 4.91. The number of halogens is 1. The molecule has 0 aliphatic carbocycles. The Bertz CT molecular complexity index is 704. The van der Waals surface area contributed by atoms with Crippen molar-refractivity contribution >= 4 is 5.91 Å². The van der Waals surface area contributed by atoms with E-state index >= 15 is 0 Å². The van der Waals surface area contributed by atoms with Gasteiger partial charge in [-0.25, -0.2) is 4.39 Å². The average molecular weight is 314 g/mol. The molecule has 1 amide bonds. The van der Waals surface area contributed by atoms with E-state index < -0.39 is 0 Å². The molecule has 23 heavy (non-hydrogen) atoms. The van der Waals surface area contributed by atoms with Gasteiger partial charge in [-0.1, -0.05) is 0 Å². The first-order valence-electron chi connectivity index (χ1n) is 8.03. The zero-order valence-corrected chi connectivity index (χ0v) is 12.8. The van der Waals surface area contributed by atoms with Gasteiger partial charge in [0.2, 0.25) is 0 Å². The van der Waals surface area contributed by atoms with E-state index in [0.717, 1.165) is 19.6 Å². The highest BCUT2D eigenvalue weighted by molar-refractivity contribution is 5.93. The van der Waals surface area contributed by atoms with Gasteiger partial charge in [-0.05, 0) is 56.1 Å². The van der Waals surface area contributed by atoms with Gasteiger partial charge in [0.05, 0.1) is 17.6 Å². The Hall–Kier alpha value is -2.21. The number of fused-ring (bicyclic) bond motifs is 3. The Kier molecular flexibility index (Phi) is 3.61. The average Bonchev–Trinajstić information content (AvgIpc) is 3.07. The molecule has 5 rings (SSSR count). The summed E-state index contributed by atoms with van der Waals surface area (Å²) >= 11 is 0. The van der Waals surface area contributed by atoms with Gasteiger partial charge < -0.3 is 15.2 Å². The zero-order valence-electron chi connectivity index (χ0n) is 12.8. The largest absolute Gasteiger partial charge is 0.349 e. The summed E-state index contributed by atoms with van der Waals surface area (Å²) in [4.78, 5) is 22.0. The van der Waals surface area contributed by atoms with Crippen LogP contribution in [0.2, 0.25) is 0 Å². The van der Waals surface area contributed by atoms with Crippen molar-refractivity contribution in [2.45, 2.75) is 18.9 Å². The number of hydrogen-bond donors (Lipinski definition) is 2. The van der Waals surface area contributed by atoms with Gasteiger partial charge in [0.1, 0.15) is 11.5 Å². The highest BCUT2D eigenvalue weighted by atomic mass is 19.1. The van der Waals surface area contributed by atoms with E-state index in [4.69, 9.17) is 0 Å². The van der Waals surface area contributed by atoms with Gasteiger partial charge in [-0.3, -0.25) is 9.78 Å². The van der Waals surface area contributed by atoms with Crippen molar-refractivity contribution in [2.24, 2.45) is 5.92 Å². The zero-order chi connectivity index (χ0) is 15.8. The molecule has 0 radical (unpaired) electrons. The molecule has 3 aliphatic rings. The minimum atomic E-state index is -0.374. The molecule has 0 aromatic carbocycles. The van der Waals surface area contributed by atoms with E-state index in [2.05, 4.69) is 20.2 Å². The van der Waals surface area contributed by atoms with Crippen molar-refractivity contribution in [3.63, 3.8) is 0 Å².